The van der Waals surface area contributed by atoms with E-state index in [-0.39, 0.29) is 23.9 Å². The highest BCUT2D eigenvalue weighted by molar-refractivity contribution is 6.32. The third kappa shape index (κ3) is 4.60. The SMILES string of the molecule is C=CC(=O)N1CCN(C(=O)NC(C)C#Cc2ccc(Cl)c(C3(C(N)=O)CC3)c2)CC1. The molecule has 1 heterocycles. The summed E-state index contributed by atoms with van der Waals surface area (Å²) in [5.41, 5.74) is 6.30. The zero-order valence-corrected chi connectivity index (χ0v) is 17.7. The van der Waals surface area contributed by atoms with E-state index in [1.54, 1.807) is 34.9 Å². The Labute approximate surface area is 181 Å². The number of nitrogens with one attached hydrogen (secondary N) is 1. The quantitative estimate of drug-likeness (QED) is 0.563. The fourth-order valence-corrected chi connectivity index (χ4v) is 3.80. The van der Waals surface area contributed by atoms with Crippen LogP contribution in [0.3, 0.4) is 0 Å². The second-order valence-electron chi connectivity index (χ2n) is 7.60. The van der Waals surface area contributed by atoms with Gasteiger partial charge in [-0.2, -0.15) is 0 Å². The lowest BCUT2D eigenvalue weighted by Crippen LogP contribution is -2.53. The average molecular weight is 429 g/mol. The van der Waals surface area contributed by atoms with Crippen LogP contribution in [0, 0.1) is 11.8 Å². The topological polar surface area (TPSA) is 95.7 Å². The molecule has 8 heteroatoms. The second-order valence-corrected chi connectivity index (χ2v) is 8.01. The number of piperazine rings is 1. The minimum absolute atomic E-state index is 0.124. The Balaban J connectivity index is 1.59. The van der Waals surface area contributed by atoms with Gasteiger partial charge in [-0.1, -0.05) is 30.0 Å². The molecule has 3 rings (SSSR count). The van der Waals surface area contributed by atoms with Gasteiger partial charge in [0.25, 0.3) is 0 Å². The first-order chi connectivity index (χ1) is 14.3. The molecule has 158 valence electrons. The first-order valence-corrected chi connectivity index (χ1v) is 10.2. The Kier molecular flexibility index (Phi) is 6.37. The second kappa shape index (κ2) is 8.80. The average Bonchev–Trinajstić information content (AvgIpc) is 3.54. The van der Waals surface area contributed by atoms with Crippen LogP contribution in [0.5, 0.6) is 0 Å². The largest absolute Gasteiger partial charge is 0.369 e. The number of carbonyl (C=O) groups excluding carboxylic acids is 3. The summed E-state index contributed by atoms with van der Waals surface area (Å²) in [5.74, 6) is 5.54. The van der Waals surface area contributed by atoms with Crippen LogP contribution >= 0.6 is 11.6 Å². The highest BCUT2D eigenvalue weighted by Crippen LogP contribution is 2.50. The lowest BCUT2D eigenvalue weighted by atomic mass is 9.93. The molecule has 4 amide bonds. The summed E-state index contributed by atoms with van der Waals surface area (Å²) in [7, 11) is 0. The van der Waals surface area contributed by atoms with Gasteiger partial charge in [0.1, 0.15) is 0 Å². The highest BCUT2D eigenvalue weighted by Gasteiger charge is 2.51. The Bertz CT molecular complexity index is 937. The van der Waals surface area contributed by atoms with Gasteiger partial charge in [0.05, 0.1) is 11.5 Å². The Morgan fingerprint density at radius 2 is 1.87 bits per heavy atom. The lowest BCUT2D eigenvalue weighted by Gasteiger charge is -2.34. The zero-order chi connectivity index (χ0) is 21.9. The summed E-state index contributed by atoms with van der Waals surface area (Å²) < 4.78 is 0. The summed E-state index contributed by atoms with van der Waals surface area (Å²) >= 11 is 6.27. The molecule has 1 aliphatic heterocycles. The van der Waals surface area contributed by atoms with Crippen molar-refractivity contribution in [1.82, 2.24) is 15.1 Å². The minimum Gasteiger partial charge on any atom is -0.369 e. The number of hydrogen-bond donors (Lipinski definition) is 2. The van der Waals surface area contributed by atoms with Crippen molar-refractivity contribution >= 4 is 29.4 Å². The van der Waals surface area contributed by atoms with Crippen LogP contribution < -0.4 is 11.1 Å². The molecule has 2 fully saturated rings. The van der Waals surface area contributed by atoms with E-state index in [2.05, 4.69) is 23.7 Å². The van der Waals surface area contributed by atoms with Crippen molar-refractivity contribution in [3.05, 3.63) is 47.0 Å². The summed E-state index contributed by atoms with van der Waals surface area (Å²) in [6, 6.07) is 4.70. The number of amides is 4. The molecule has 0 radical (unpaired) electrons. The van der Waals surface area contributed by atoms with Crippen LogP contribution in [-0.2, 0) is 15.0 Å². The Morgan fingerprint density at radius 3 is 2.43 bits per heavy atom. The van der Waals surface area contributed by atoms with Crippen LogP contribution in [0.25, 0.3) is 0 Å². The molecule has 7 nitrogen and oxygen atoms in total. The van der Waals surface area contributed by atoms with Crippen molar-refractivity contribution in [3.8, 4) is 11.8 Å². The van der Waals surface area contributed by atoms with Crippen molar-refractivity contribution in [2.24, 2.45) is 5.73 Å². The maximum atomic E-state index is 12.4. The van der Waals surface area contributed by atoms with Crippen LogP contribution in [0.1, 0.15) is 30.9 Å². The Morgan fingerprint density at radius 1 is 1.23 bits per heavy atom. The summed E-state index contributed by atoms with van der Waals surface area (Å²) in [6.07, 6.45) is 2.66. The number of benzene rings is 1. The van der Waals surface area contributed by atoms with Gasteiger partial charge in [-0.3, -0.25) is 9.59 Å². The molecule has 0 spiro atoms. The van der Waals surface area contributed by atoms with Crippen molar-refractivity contribution in [3.63, 3.8) is 0 Å². The van der Waals surface area contributed by atoms with E-state index in [4.69, 9.17) is 17.3 Å². The van der Waals surface area contributed by atoms with E-state index in [1.165, 1.54) is 6.08 Å². The van der Waals surface area contributed by atoms with Gasteiger partial charge in [0.2, 0.25) is 11.8 Å². The first-order valence-electron chi connectivity index (χ1n) is 9.85. The third-order valence-electron chi connectivity index (χ3n) is 5.53. The van der Waals surface area contributed by atoms with E-state index < -0.39 is 5.41 Å². The van der Waals surface area contributed by atoms with Gasteiger partial charge in [-0.05, 0) is 49.6 Å². The molecule has 1 saturated carbocycles. The molecule has 1 unspecified atom stereocenters. The van der Waals surface area contributed by atoms with Gasteiger partial charge in [-0.25, -0.2) is 4.79 Å². The fraction of sp³-hybridized carbons (Fsp3) is 0.409. The number of rotatable bonds is 4. The van der Waals surface area contributed by atoms with Gasteiger partial charge in [0.15, 0.2) is 0 Å². The molecule has 30 heavy (non-hydrogen) atoms. The van der Waals surface area contributed by atoms with E-state index in [9.17, 15) is 14.4 Å². The lowest BCUT2D eigenvalue weighted by molar-refractivity contribution is -0.127. The first kappa shape index (κ1) is 21.7. The molecule has 3 N–H and O–H groups in total. The molecular weight excluding hydrogens is 404 g/mol. The molecule has 1 saturated heterocycles. The number of nitrogens with zero attached hydrogens (tertiary/aromatic N) is 2. The third-order valence-corrected chi connectivity index (χ3v) is 5.86. The highest BCUT2D eigenvalue weighted by atomic mass is 35.5. The zero-order valence-electron chi connectivity index (χ0n) is 16.9. The van der Waals surface area contributed by atoms with Crippen molar-refractivity contribution < 1.29 is 14.4 Å². The predicted molar refractivity (Wildman–Crippen MR) is 115 cm³/mol. The van der Waals surface area contributed by atoms with Gasteiger partial charge < -0.3 is 20.9 Å². The van der Waals surface area contributed by atoms with Crippen LogP contribution in [0.15, 0.2) is 30.9 Å². The number of carbonyl (C=O) groups is 3. The van der Waals surface area contributed by atoms with Gasteiger partial charge >= 0.3 is 6.03 Å². The van der Waals surface area contributed by atoms with Crippen LogP contribution in [0.2, 0.25) is 5.02 Å². The Hall–Kier alpha value is -2.98. The normalized spacial score (nSPS) is 17.9. The van der Waals surface area contributed by atoms with E-state index in [1.807, 2.05) is 0 Å². The van der Waals surface area contributed by atoms with Crippen molar-refractivity contribution in [1.29, 1.82) is 0 Å². The van der Waals surface area contributed by atoms with E-state index >= 15 is 0 Å². The fourth-order valence-electron chi connectivity index (χ4n) is 3.51. The molecule has 0 aromatic heterocycles. The van der Waals surface area contributed by atoms with Gasteiger partial charge in [0, 0.05) is 36.8 Å². The molecular formula is C22H25ClN4O3. The number of halogens is 1. The van der Waals surface area contributed by atoms with Crippen molar-refractivity contribution in [2.75, 3.05) is 26.2 Å². The molecule has 1 aromatic carbocycles. The maximum Gasteiger partial charge on any atom is 0.318 e. The maximum absolute atomic E-state index is 12.4. The van der Waals surface area contributed by atoms with E-state index in [0.717, 1.165) is 0 Å². The van der Waals surface area contributed by atoms with Crippen molar-refractivity contribution in [2.45, 2.75) is 31.2 Å². The molecule has 0 bridgehead atoms. The molecule has 2 aliphatic rings. The number of primary amides is 1. The summed E-state index contributed by atoms with van der Waals surface area (Å²) in [5, 5.41) is 3.36. The number of hydrogen-bond acceptors (Lipinski definition) is 3. The summed E-state index contributed by atoms with van der Waals surface area (Å²) in [6.45, 7) is 7.16. The molecule has 1 aliphatic carbocycles. The standard InChI is InChI=1S/C22H25ClN4O3/c1-3-19(28)26-10-12-27(13-11-26)21(30)25-15(2)4-5-16-6-7-18(23)17(14-16)22(8-9-22)20(24)29/h3,6-7,14-15H,1,8-13H2,2H3,(H2,24,29)(H,25,30). The number of urea groups is 1. The monoisotopic (exact) mass is 428 g/mol. The minimum atomic E-state index is -0.677. The molecule has 1 aromatic rings. The van der Waals surface area contributed by atoms with Crippen LogP contribution in [0.4, 0.5) is 4.79 Å². The van der Waals surface area contributed by atoms with Crippen LogP contribution in [-0.4, -0.2) is 59.9 Å². The molecule has 1 atom stereocenters. The van der Waals surface area contributed by atoms with Gasteiger partial charge in [-0.15, -0.1) is 0 Å². The summed E-state index contributed by atoms with van der Waals surface area (Å²) in [4.78, 5) is 39.2. The smallest absolute Gasteiger partial charge is 0.318 e. The van der Waals surface area contributed by atoms with E-state index in [0.29, 0.717) is 55.2 Å². The predicted octanol–water partition coefficient (Wildman–Crippen LogP) is 1.64. The number of nitrogens with two attached hydrogens (primary N) is 1.